The number of fused-ring (bicyclic) bond motifs is 1. The van der Waals surface area contributed by atoms with Crippen LogP contribution in [-0.4, -0.2) is 31.0 Å². The Morgan fingerprint density at radius 3 is 2.55 bits per heavy atom. The third-order valence-corrected chi connectivity index (χ3v) is 3.93. The summed E-state index contributed by atoms with van der Waals surface area (Å²) in [5, 5.41) is 19.4. The monoisotopic (exact) mass is 302 g/mol. The molecule has 1 heterocycles. The van der Waals surface area contributed by atoms with E-state index in [9.17, 15) is 10.2 Å². The summed E-state index contributed by atoms with van der Waals surface area (Å²) in [4.78, 5) is 0. The largest absolute Gasteiger partial charge is 0.508 e. The SMILES string of the molecule is COc1c(O)ccc([C@@H]2COc3cc(O)ccc3C2)c1OC. The Kier molecular flexibility index (Phi) is 3.71. The molecule has 22 heavy (non-hydrogen) atoms. The van der Waals surface area contributed by atoms with Crippen molar-refractivity contribution in [1.29, 1.82) is 0 Å². The van der Waals surface area contributed by atoms with Crippen LogP contribution in [0.5, 0.6) is 28.7 Å². The molecule has 0 unspecified atom stereocenters. The van der Waals surface area contributed by atoms with Crippen LogP contribution in [0.1, 0.15) is 17.0 Å². The summed E-state index contributed by atoms with van der Waals surface area (Å²) in [6.07, 6.45) is 0.764. The van der Waals surface area contributed by atoms with Crippen molar-refractivity contribution in [3.05, 3.63) is 41.5 Å². The molecule has 0 saturated heterocycles. The summed E-state index contributed by atoms with van der Waals surface area (Å²) in [6, 6.07) is 8.57. The van der Waals surface area contributed by atoms with Gasteiger partial charge in [0.15, 0.2) is 11.5 Å². The fourth-order valence-electron chi connectivity index (χ4n) is 2.86. The van der Waals surface area contributed by atoms with E-state index in [2.05, 4.69) is 0 Å². The molecule has 1 aliphatic rings. The van der Waals surface area contributed by atoms with Crippen molar-refractivity contribution in [2.45, 2.75) is 12.3 Å². The highest BCUT2D eigenvalue weighted by atomic mass is 16.5. The van der Waals surface area contributed by atoms with Gasteiger partial charge in [0.05, 0.1) is 20.8 Å². The first kappa shape index (κ1) is 14.4. The number of ether oxygens (including phenoxy) is 3. The summed E-state index contributed by atoms with van der Waals surface area (Å²) in [7, 11) is 3.05. The van der Waals surface area contributed by atoms with Crippen molar-refractivity contribution in [2.24, 2.45) is 0 Å². The fraction of sp³-hybridized carbons (Fsp3) is 0.294. The molecule has 1 atom stereocenters. The Labute approximate surface area is 128 Å². The van der Waals surface area contributed by atoms with E-state index in [0.717, 1.165) is 17.5 Å². The molecule has 0 amide bonds. The molecule has 0 spiro atoms. The van der Waals surface area contributed by atoms with Gasteiger partial charge in [-0.3, -0.25) is 0 Å². The molecular weight excluding hydrogens is 284 g/mol. The Balaban J connectivity index is 1.98. The number of methoxy groups -OCH3 is 2. The molecule has 0 aromatic heterocycles. The second-order valence-electron chi connectivity index (χ2n) is 5.24. The highest BCUT2D eigenvalue weighted by Crippen LogP contribution is 2.44. The van der Waals surface area contributed by atoms with Crippen LogP contribution in [0.4, 0.5) is 0 Å². The molecule has 2 aromatic carbocycles. The Bertz CT molecular complexity index is 696. The summed E-state index contributed by atoms with van der Waals surface area (Å²) in [5.41, 5.74) is 1.96. The molecule has 0 bridgehead atoms. The average molecular weight is 302 g/mol. The Morgan fingerprint density at radius 2 is 1.82 bits per heavy atom. The van der Waals surface area contributed by atoms with E-state index in [1.54, 1.807) is 25.3 Å². The quantitative estimate of drug-likeness (QED) is 0.912. The maximum Gasteiger partial charge on any atom is 0.203 e. The van der Waals surface area contributed by atoms with E-state index in [-0.39, 0.29) is 17.4 Å². The third kappa shape index (κ3) is 2.39. The molecule has 5 nitrogen and oxygen atoms in total. The molecule has 3 rings (SSSR count). The van der Waals surface area contributed by atoms with Crippen LogP contribution >= 0.6 is 0 Å². The van der Waals surface area contributed by atoms with E-state index in [1.165, 1.54) is 7.11 Å². The smallest absolute Gasteiger partial charge is 0.203 e. The van der Waals surface area contributed by atoms with Gasteiger partial charge in [-0.15, -0.1) is 0 Å². The van der Waals surface area contributed by atoms with Crippen molar-refractivity contribution in [3.63, 3.8) is 0 Å². The number of hydrogen-bond acceptors (Lipinski definition) is 5. The van der Waals surface area contributed by atoms with Crippen LogP contribution in [0.15, 0.2) is 30.3 Å². The standard InChI is InChI=1S/C17H18O5/c1-20-16-13(5-6-14(19)17(16)21-2)11-7-10-3-4-12(18)8-15(10)22-9-11/h3-6,8,11,18-19H,7,9H2,1-2H3/t11-/m0/s1. The van der Waals surface area contributed by atoms with Crippen molar-refractivity contribution in [2.75, 3.05) is 20.8 Å². The minimum absolute atomic E-state index is 0.0464. The summed E-state index contributed by atoms with van der Waals surface area (Å²) in [5.74, 6) is 1.89. The van der Waals surface area contributed by atoms with Gasteiger partial charge in [-0.05, 0) is 24.1 Å². The average Bonchev–Trinajstić information content (AvgIpc) is 2.54. The second-order valence-corrected chi connectivity index (χ2v) is 5.24. The van der Waals surface area contributed by atoms with Crippen LogP contribution in [0.2, 0.25) is 0 Å². The molecule has 116 valence electrons. The number of phenols is 2. The predicted molar refractivity (Wildman–Crippen MR) is 81.3 cm³/mol. The Morgan fingerprint density at radius 1 is 1.05 bits per heavy atom. The van der Waals surface area contributed by atoms with Gasteiger partial charge < -0.3 is 24.4 Å². The lowest BCUT2D eigenvalue weighted by Crippen LogP contribution is -2.19. The highest BCUT2D eigenvalue weighted by molar-refractivity contribution is 5.57. The summed E-state index contributed by atoms with van der Waals surface area (Å²) < 4.78 is 16.4. The van der Waals surface area contributed by atoms with Gasteiger partial charge in [0.1, 0.15) is 11.5 Å². The van der Waals surface area contributed by atoms with E-state index < -0.39 is 0 Å². The zero-order valence-corrected chi connectivity index (χ0v) is 12.5. The first-order valence-electron chi connectivity index (χ1n) is 7.02. The van der Waals surface area contributed by atoms with E-state index >= 15 is 0 Å². The summed E-state index contributed by atoms with van der Waals surface area (Å²) >= 11 is 0. The minimum atomic E-state index is 0.0464. The number of rotatable bonds is 3. The highest BCUT2D eigenvalue weighted by Gasteiger charge is 2.27. The topological polar surface area (TPSA) is 68.2 Å². The molecule has 0 saturated carbocycles. The van der Waals surface area contributed by atoms with Crippen molar-refractivity contribution >= 4 is 0 Å². The van der Waals surface area contributed by atoms with Crippen LogP contribution in [-0.2, 0) is 6.42 Å². The molecule has 0 radical (unpaired) electrons. The van der Waals surface area contributed by atoms with Gasteiger partial charge in [-0.1, -0.05) is 12.1 Å². The lowest BCUT2D eigenvalue weighted by atomic mass is 9.89. The molecule has 0 aliphatic carbocycles. The fourth-order valence-corrected chi connectivity index (χ4v) is 2.86. The normalized spacial score (nSPS) is 16.5. The molecule has 0 fully saturated rings. The van der Waals surface area contributed by atoms with E-state index in [1.807, 2.05) is 12.1 Å². The maximum atomic E-state index is 9.87. The number of hydrogen-bond donors (Lipinski definition) is 2. The molecule has 2 aromatic rings. The molecule has 1 aliphatic heterocycles. The maximum absolute atomic E-state index is 9.87. The first-order valence-corrected chi connectivity index (χ1v) is 7.02. The second kappa shape index (κ2) is 5.67. The van der Waals surface area contributed by atoms with Crippen LogP contribution in [0.25, 0.3) is 0 Å². The van der Waals surface area contributed by atoms with Crippen molar-refractivity contribution in [1.82, 2.24) is 0 Å². The predicted octanol–water partition coefficient (Wildman–Crippen LogP) is 2.83. The van der Waals surface area contributed by atoms with Gasteiger partial charge in [0.25, 0.3) is 0 Å². The number of benzene rings is 2. The minimum Gasteiger partial charge on any atom is -0.508 e. The van der Waals surface area contributed by atoms with Gasteiger partial charge >= 0.3 is 0 Å². The van der Waals surface area contributed by atoms with Crippen LogP contribution in [0.3, 0.4) is 0 Å². The third-order valence-electron chi connectivity index (χ3n) is 3.93. The van der Waals surface area contributed by atoms with Crippen molar-refractivity contribution in [3.8, 4) is 28.7 Å². The van der Waals surface area contributed by atoms with E-state index in [0.29, 0.717) is 23.9 Å². The molecule has 5 heteroatoms. The first-order chi connectivity index (χ1) is 10.6. The van der Waals surface area contributed by atoms with Crippen molar-refractivity contribution < 1.29 is 24.4 Å². The molecular formula is C17H18O5. The van der Waals surface area contributed by atoms with E-state index in [4.69, 9.17) is 14.2 Å². The van der Waals surface area contributed by atoms with Crippen LogP contribution < -0.4 is 14.2 Å². The summed E-state index contributed by atoms with van der Waals surface area (Å²) in [6.45, 7) is 0.473. The number of phenolic OH excluding ortho intramolecular Hbond substituents is 2. The zero-order chi connectivity index (χ0) is 15.7. The Hall–Kier alpha value is -2.56. The van der Waals surface area contributed by atoms with Gasteiger partial charge in [-0.2, -0.15) is 0 Å². The lowest BCUT2D eigenvalue weighted by molar-refractivity contribution is 0.255. The van der Waals surface area contributed by atoms with Gasteiger partial charge in [-0.25, -0.2) is 0 Å². The van der Waals surface area contributed by atoms with Gasteiger partial charge in [0, 0.05) is 17.5 Å². The zero-order valence-electron chi connectivity index (χ0n) is 12.5. The van der Waals surface area contributed by atoms with Gasteiger partial charge in [0.2, 0.25) is 5.75 Å². The van der Waals surface area contributed by atoms with Crippen LogP contribution in [0, 0.1) is 0 Å². The molecule has 2 N–H and O–H groups in total. The number of aromatic hydroxyl groups is 2. The lowest BCUT2D eigenvalue weighted by Gasteiger charge is -2.27.